The van der Waals surface area contributed by atoms with Crippen LogP contribution < -0.4 is 20.7 Å². The van der Waals surface area contributed by atoms with E-state index in [0.29, 0.717) is 6.54 Å². The van der Waals surface area contributed by atoms with Gasteiger partial charge in [-0.1, -0.05) is 163 Å². The Kier molecular flexibility index (Phi) is 8.06. The van der Waals surface area contributed by atoms with Gasteiger partial charge in [0.2, 0.25) is 0 Å². The molecule has 1 saturated carbocycles. The largest absolute Gasteiger partial charge is 0.400 e. The zero-order chi connectivity index (χ0) is 32.2. The van der Waals surface area contributed by atoms with Crippen LogP contribution in [0.25, 0.3) is 0 Å². The molecule has 3 aliphatic rings. The van der Waals surface area contributed by atoms with Gasteiger partial charge < -0.3 is 8.85 Å². The fourth-order valence-electron chi connectivity index (χ4n) is 8.50. The Hall–Kier alpha value is -2.85. The molecule has 2 saturated heterocycles. The fraction of sp³-hybridized carbons (Fsp3) is 0.400. The minimum atomic E-state index is -2.88. The topological polar surface area (TPSA) is 30.9 Å². The third kappa shape index (κ3) is 5.09. The van der Waals surface area contributed by atoms with Crippen molar-refractivity contribution in [2.45, 2.75) is 82.7 Å². The molecule has 0 radical (unpaired) electrons. The van der Waals surface area contributed by atoms with Crippen molar-refractivity contribution in [1.29, 1.82) is 0 Å². The molecule has 6 heteroatoms. The minimum Gasteiger partial charge on any atom is -0.400 e. The highest BCUT2D eigenvalue weighted by Crippen LogP contribution is 2.59. The molecule has 0 amide bonds. The molecule has 4 nitrogen and oxygen atoms in total. The molecule has 0 aromatic heterocycles. The average Bonchev–Trinajstić information content (AvgIpc) is 3.64. The van der Waals surface area contributed by atoms with Gasteiger partial charge in [0.25, 0.3) is 16.6 Å². The number of hydrogen-bond donors (Lipinski definition) is 0. The van der Waals surface area contributed by atoms with Crippen molar-refractivity contribution in [1.82, 2.24) is 5.06 Å². The molecular formula is C40H49NO3Si2. The van der Waals surface area contributed by atoms with E-state index in [-0.39, 0.29) is 33.7 Å². The van der Waals surface area contributed by atoms with Crippen LogP contribution in [-0.4, -0.2) is 53.1 Å². The first-order valence-electron chi connectivity index (χ1n) is 17.0. The predicted octanol–water partition coefficient (Wildman–Crippen LogP) is 6.29. The van der Waals surface area contributed by atoms with Gasteiger partial charge >= 0.3 is 0 Å². The Balaban J connectivity index is 1.42. The van der Waals surface area contributed by atoms with Crippen molar-refractivity contribution in [2.75, 3.05) is 13.2 Å². The molecule has 2 aliphatic heterocycles. The van der Waals surface area contributed by atoms with Crippen LogP contribution >= 0.6 is 0 Å². The molecule has 46 heavy (non-hydrogen) atoms. The zero-order valence-corrected chi connectivity index (χ0v) is 30.3. The van der Waals surface area contributed by atoms with Gasteiger partial charge in [-0.2, -0.15) is 5.06 Å². The quantitative estimate of drug-likeness (QED) is 0.211. The van der Waals surface area contributed by atoms with Crippen LogP contribution in [-0.2, 0) is 13.7 Å². The summed E-state index contributed by atoms with van der Waals surface area (Å²) in [4.78, 5) is 6.54. The lowest BCUT2D eigenvalue weighted by atomic mass is 9.94. The SMILES string of the molecule is CC(C)(C)[Si](O[C@@H]1[C@@H]2N(C[C@H]1O[Si](c1ccccc1)(c1ccccc1)C(C)(C)C)OCC21CC1)(c1ccccc1)c1ccccc1. The molecule has 3 atom stereocenters. The maximum absolute atomic E-state index is 8.08. The first kappa shape index (κ1) is 31.7. The predicted molar refractivity (Wildman–Crippen MR) is 193 cm³/mol. The van der Waals surface area contributed by atoms with Gasteiger partial charge in [0.15, 0.2) is 0 Å². The van der Waals surface area contributed by atoms with Crippen LogP contribution in [0.15, 0.2) is 121 Å². The number of hydrogen-bond acceptors (Lipinski definition) is 4. The lowest BCUT2D eigenvalue weighted by Crippen LogP contribution is -2.71. The van der Waals surface area contributed by atoms with Crippen molar-refractivity contribution in [3.63, 3.8) is 0 Å². The Morgan fingerprint density at radius 1 is 0.587 bits per heavy atom. The molecule has 2 heterocycles. The second kappa shape index (κ2) is 11.7. The van der Waals surface area contributed by atoms with Gasteiger partial charge in [0.1, 0.15) is 0 Å². The van der Waals surface area contributed by atoms with E-state index >= 15 is 0 Å². The van der Waals surface area contributed by atoms with Gasteiger partial charge in [0, 0.05) is 5.41 Å². The molecule has 3 fully saturated rings. The summed E-state index contributed by atoms with van der Waals surface area (Å²) in [5.74, 6) is 0. The second-order valence-corrected chi connectivity index (χ2v) is 24.3. The molecule has 4 aromatic rings. The van der Waals surface area contributed by atoms with Gasteiger partial charge in [-0.25, -0.2) is 0 Å². The summed E-state index contributed by atoms with van der Waals surface area (Å²) in [5.41, 5.74) is 0.139. The highest BCUT2D eigenvalue weighted by atomic mass is 28.4. The van der Waals surface area contributed by atoms with Crippen LogP contribution in [0.5, 0.6) is 0 Å². The molecular weight excluding hydrogens is 599 g/mol. The molecule has 240 valence electrons. The van der Waals surface area contributed by atoms with Crippen LogP contribution in [0, 0.1) is 5.41 Å². The molecule has 1 spiro atoms. The highest BCUT2D eigenvalue weighted by Gasteiger charge is 2.68. The lowest BCUT2D eigenvalue weighted by molar-refractivity contribution is -0.121. The number of rotatable bonds is 8. The summed E-state index contributed by atoms with van der Waals surface area (Å²) in [5, 5.41) is 7.20. The van der Waals surface area contributed by atoms with Crippen molar-refractivity contribution in [2.24, 2.45) is 5.41 Å². The summed E-state index contributed by atoms with van der Waals surface area (Å²) < 4.78 is 16.0. The van der Waals surface area contributed by atoms with E-state index < -0.39 is 16.6 Å². The maximum atomic E-state index is 8.08. The third-order valence-electron chi connectivity index (χ3n) is 10.9. The van der Waals surface area contributed by atoms with Crippen molar-refractivity contribution in [3.05, 3.63) is 121 Å². The van der Waals surface area contributed by atoms with Crippen molar-refractivity contribution in [3.8, 4) is 0 Å². The average molecular weight is 648 g/mol. The Labute approximate surface area is 277 Å². The monoisotopic (exact) mass is 647 g/mol. The molecule has 4 aromatic carbocycles. The number of nitrogens with zero attached hydrogens (tertiary/aromatic N) is 1. The molecule has 1 aliphatic carbocycles. The summed E-state index contributed by atoms with van der Waals surface area (Å²) in [6.07, 6.45) is 2.06. The third-order valence-corrected chi connectivity index (χ3v) is 21.0. The van der Waals surface area contributed by atoms with E-state index in [4.69, 9.17) is 13.7 Å². The molecule has 0 bridgehead atoms. The Morgan fingerprint density at radius 2 is 0.957 bits per heavy atom. The van der Waals surface area contributed by atoms with Crippen LogP contribution in [0.3, 0.4) is 0 Å². The van der Waals surface area contributed by atoms with Gasteiger partial charge in [-0.15, -0.1) is 0 Å². The van der Waals surface area contributed by atoms with E-state index in [2.05, 4.69) is 168 Å². The zero-order valence-electron chi connectivity index (χ0n) is 28.3. The smallest absolute Gasteiger partial charge is 0.261 e. The van der Waals surface area contributed by atoms with Crippen LogP contribution in [0.2, 0.25) is 10.1 Å². The lowest BCUT2D eigenvalue weighted by Gasteiger charge is -2.49. The first-order chi connectivity index (χ1) is 22.0. The maximum Gasteiger partial charge on any atom is 0.261 e. The van der Waals surface area contributed by atoms with E-state index in [1.807, 2.05) is 0 Å². The number of fused-ring (bicyclic) bond motifs is 2. The highest BCUT2D eigenvalue weighted by molar-refractivity contribution is 7.00. The van der Waals surface area contributed by atoms with E-state index in [1.54, 1.807) is 0 Å². The van der Waals surface area contributed by atoms with Crippen molar-refractivity contribution >= 4 is 37.4 Å². The second-order valence-electron chi connectivity index (χ2n) is 15.7. The van der Waals surface area contributed by atoms with Gasteiger partial charge in [-0.3, -0.25) is 4.84 Å². The summed E-state index contributed by atoms with van der Waals surface area (Å²) in [7, 11) is -5.73. The van der Waals surface area contributed by atoms with Crippen LogP contribution in [0.1, 0.15) is 54.4 Å². The summed E-state index contributed by atoms with van der Waals surface area (Å²) >= 11 is 0. The van der Waals surface area contributed by atoms with E-state index in [0.717, 1.165) is 6.61 Å². The molecule has 0 N–H and O–H groups in total. The minimum absolute atomic E-state index is 0.136. The summed E-state index contributed by atoms with van der Waals surface area (Å²) in [6, 6.07) is 44.3. The first-order valence-corrected chi connectivity index (χ1v) is 20.8. The van der Waals surface area contributed by atoms with Gasteiger partial charge in [-0.05, 0) is 43.7 Å². The fourth-order valence-corrected chi connectivity index (χ4v) is 17.9. The number of benzene rings is 4. The normalized spacial score (nSPS) is 23.0. The van der Waals surface area contributed by atoms with Crippen molar-refractivity contribution < 1.29 is 13.7 Å². The van der Waals surface area contributed by atoms with E-state index in [9.17, 15) is 0 Å². The van der Waals surface area contributed by atoms with E-state index in [1.165, 1.54) is 33.6 Å². The summed E-state index contributed by atoms with van der Waals surface area (Å²) in [6.45, 7) is 15.7. The number of hydroxylamine groups is 2. The molecule has 7 rings (SSSR count). The molecule has 0 unspecified atom stereocenters. The Bertz CT molecular complexity index is 1540. The standard InChI is InChI=1S/C40H49NO3Si2/c1-38(2,3)45(31-19-11-7-12-20-31,32-21-13-8-14-22-32)43-35-29-41-37(40(27-28-40)30-42-41)36(35)44-46(39(4,5)6,33-23-15-9-16-24-33)34-25-17-10-18-26-34/h7-26,35-37H,27-30H2,1-6H3/t35-,36+,37+/m1/s1. The Morgan fingerprint density at radius 3 is 1.30 bits per heavy atom. The van der Waals surface area contributed by atoms with Gasteiger partial charge in [0.05, 0.1) is 31.4 Å². The van der Waals surface area contributed by atoms with Crippen LogP contribution in [0.4, 0.5) is 0 Å².